The predicted octanol–water partition coefficient (Wildman–Crippen LogP) is -0.419. The first-order valence-electron chi connectivity index (χ1n) is 2.40. The van der Waals surface area contributed by atoms with Crippen LogP contribution in [-0.4, -0.2) is 20.3 Å². The normalized spacial score (nSPS) is 11.7. The van der Waals surface area contributed by atoms with E-state index in [9.17, 15) is 4.57 Å². The Bertz CT molecular complexity index is 283. The second-order valence-corrected chi connectivity index (χ2v) is 2.27. The third-order valence-electron chi connectivity index (χ3n) is 0.714. The third-order valence-corrected chi connectivity index (χ3v) is 1.05. The lowest BCUT2D eigenvalue weighted by Crippen LogP contribution is -1.70. The molecule has 0 radical (unpaired) electrons. The fourth-order valence-electron chi connectivity index (χ4n) is 0.380. The van der Waals surface area contributed by atoms with Gasteiger partial charge in [-0.3, -0.25) is 9.66 Å². The largest absolute Gasteiger partial charge is 0.338 e. The predicted molar refractivity (Wildman–Crippen MR) is 34.5 cm³/mol. The van der Waals surface area contributed by atoms with Crippen LogP contribution in [0.2, 0.25) is 0 Å². The topological polar surface area (TPSA) is 78.9 Å². The van der Waals surface area contributed by atoms with Gasteiger partial charge in [-0.15, -0.1) is 5.10 Å². The van der Waals surface area contributed by atoms with Crippen molar-refractivity contribution in [2.45, 2.75) is 0 Å². The highest BCUT2D eigenvalue weighted by molar-refractivity contribution is 7.44. The number of aromatic amines is 1. The SMILES string of the molecule is O=[PH](O)C#Cc1c[nH]nn1. The summed E-state index contributed by atoms with van der Waals surface area (Å²) in [6, 6.07) is 0. The van der Waals surface area contributed by atoms with E-state index in [0.29, 0.717) is 5.69 Å². The van der Waals surface area contributed by atoms with Gasteiger partial charge in [0.1, 0.15) is 0 Å². The zero-order valence-electron chi connectivity index (χ0n) is 4.83. The highest BCUT2D eigenvalue weighted by atomic mass is 31.1. The van der Waals surface area contributed by atoms with Gasteiger partial charge in [0.05, 0.1) is 6.20 Å². The molecule has 1 rings (SSSR count). The number of nitrogens with one attached hydrogen (secondary N) is 1. The molecule has 0 amide bonds. The van der Waals surface area contributed by atoms with Gasteiger partial charge < -0.3 is 4.89 Å². The smallest absolute Gasteiger partial charge is 0.260 e. The van der Waals surface area contributed by atoms with Gasteiger partial charge in [-0.1, -0.05) is 5.21 Å². The van der Waals surface area contributed by atoms with E-state index in [4.69, 9.17) is 4.89 Å². The van der Waals surface area contributed by atoms with Crippen LogP contribution in [0.5, 0.6) is 0 Å². The summed E-state index contributed by atoms with van der Waals surface area (Å²) in [6.07, 6.45) is 1.44. The quantitative estimate of drug-likeness (QED) is 0.396. The molecule has 1 atom stereocenters. The number of hydrogen-bond donors (Lipinski definition) is 2. The van der Waals surface area contributed by atoms with Gasteiger partial charge in [0, 0.05) is 0 Å². The first kappa shape index (κ1) is 7.00. The molecule has 0 aliphatic carbocycles. The second-order valence-electron chi connectivity index (χ2n) is 1.41. The lowest BCUT2D eigenvalue weighted by Gasteiger charge is -1.71. The Morgan fingerprint density at radius 3 is 3.10 bits per heavy atom. The van der Waals surface area contributed by atoms with E-state index in [1.165, 1.54) is 6.20 Å². The summed E-state index contributed by atoms with van der Waals surface area (Å²) in [7, 11) is -2.70. The molecule has 1 unspecified atom stereocenters. The van der Waals surface area contributed by atoms with Crippen molar-refractivity contribution in [3.8, 4) is 11.6 Å². The lowest BCUT2D eigenvalue weighted by atomic mass is 10.5. The summed E-state index contributed by atoms with van der Waals surface area (Å²) in [4.78, 5) is 8.27. The minimum atomic E-state index is -2.70. The molecule has 0 saturated heterocycles. The molecular formula is C4H4N3O2P. The second kappa shape index (κ2) is 3.16. The van der Waals surface area contributed by atoms with E-state index in [0.717, 1.165) is 0 Å². The number of aromatic nitrogens is 3. The zero-order valence-corrected chi connectivity index (χ0v) is 5.83. The fraction of sp³-hybridized carbons (Fsp3) is 0. The average Bonchev–Trinajstić information content (AvgIpc) is 2.34. The summed E-state index contributed by atoms with van der Waals surface area (Å²) in [5.41, 5.74) is 2.45. The Morgan fingerprint density at radius 1 is 1.80 bits per heavy atom. The van der Waals surface area contributed by atoms with Crippen LogP contribution in [0.25, 0.3) is 0 Å². The van der Waals surface area contributed by atoms with E-state index < -0.39 is 8.03 Å². The minimum Gasteiger partial charge on any atom is -0.338 e. The number of nitrogens with zero attached hydrogens (tertiary/aromatic N) is 2. The first-order chi connectivity index (χ1) is 4.79. The van der Waals surface area contributed by atoms with Gasteiger partial charge in [-0.25, -0.2) is 0 Å². The molecule has 0 bridgehead atoms. The monoisotopic (exact) mass is 157 g/mol. The van der Waals surface area contributed by atoms with Crippen molar-refractivity contribution in [2.75, 3.05) is 0 Å². The number of H-pyrrole nitrogens is 1. The molecule has 10 heavy (non-hydrogen) atoms. The molecule has 1 aromatic heterocycles. The van der Waals surface area contributed by atoms with E-state index in [2.05, 4.69) is 27.0 Å². The molecule has 0 spiro atoms. The molecule has 1 aromatic rings. The van der Waals surface area contributed by atoms with Gasteiger partial charge in [-0.05, 0) is 11.6 Å². The van der Waals surface area contributed by atoms with Crippen molar-refractivity contribution in [1.82, 2.24) is 15.4 Å². The highest BCUT2D eigenvalue weighted by Gasteiger charge is 1.86. The minimum absolute atomic E-state index is 0.368. The van der Waals surface area contributed by atoms with Gasteiger partial charge in [-0.2, -0.15) is 0 Å². The molecule has 0 saturated carbocycles. The Labute approximate surface area is 57.3 Å². The maximum atomic E-state index is 10.0. The molecule has 5 nitrogen and oxygen atoms in total. The van der Waals surface area contributed by atoms with Crippen LogP contribution in [-0.2, 0) is 4.57 Å². The molecule has 0 aliphatic rings. The van der Waals surface area contributed by atoms with Gasteiger partial charge >= 0.3 is 0 Å². The summed E-state index contributed by atoms with van der Waals surface area (Å²) in [5, 5.41) is 9.24. The van der Waals surface area contributed by atoms with Crippen molar-refractivity contribution in [3.05, 3.63) is 11.9 Å². The Morgan fingerprint density at radius 2 is 2.60 bits per heavy atom. The van der Waals surface area contributed by atoms with Crippen molar-refractivity contribution in [1.29, 1.82) is 0 Å². The van der Waals surface area contributed by atoms with Gasteiger partial charge in [0.2, 0.25) is 0 Å². The van der Waals surface area contributed by atoms with Crippen LogP contribution in [0.15, 0.2) is 6.20 Å². The Balaban J connectivity index is 2.75. The van der Waals surface area contributed by atoms with Crippen molar-refractivity contribution < 1.29 is 9.46 Å². The fourth-order valence-corrected chi connectivity index (χ4v) is 0.615. The lowest BCUT2D eigenvalue weighted by molar-refractivity contribution is 0.514. The van der Waals surface area contributed by atoms with Crippen LogP contribution in [0.1, 0.15) is 5.69 Å². The van der Waals surface area contributed by atoms with E-state index >= 15 is 0 Å². The van der Waals surface area contributed by atoms with E-state index in [1.807, 2.05) is 0 Å². The standard InChI is InChI=1S/C4H4N3O2P/c8-10(9)2-1-4-3-5-7-6-4/h3,10H,(H,8,9)(H,5,6,7). The van der Waals surface area contributed by atoms with Crippen molar-refractivity contribution in [3.63, 3.8) is 0 Å². The summed E-state index contributed by atoms with van der Waals surface area (Å²) in [5.74, 6) is 2.35. The maximum absolute atomic E-state index is 10.0. The molecule has 1 heterocycles. The summed E-state index contributed by atoms with van der Waals surface area (Å²) in [6.45, 7) is 0. The first-order valence-corrected chi connectivity index (χ1v) is 3.76. The van der Waals surface area contributed by atoms with E-state index in [-0.39, 0.29) is 0 Å². The molecular weight excluding hydrogens is 153 g/mol. The van der Waals surface area contributed by atoms with E-state index in [1.54, 1.807) is 0 Å². The Hall–Kier alpha value is -1.11. The molecule has 52 valence electrons. The summed E-state index contributed by atoms with van der Waals surface area (Å²) >= 11 is 0. The maximum Gasteiger partial charge on any atom is 0.260 e. The third kappa shape index (κ3) is 2.02. The molecule has 0 aromatic carbocycles. The average molecular weight is 157 g/mol. The van der Waals surface area contributed by atoms with Crippen LogP contribution in [0, 0.1) is 11.6 Å². The van der Waals surface area contributed by atoms with Crippen LogP contribution in [0.3, 0.4) is 0 Å². The zero-order chi connectivity index (χ0) is 7.40. The Kier molecular flexibility index (Phi) is 2.21. The van der Waals surface area contributed by atoms with Crippen LogP contribution >= 0.6 is 8.03 Å². The molecule has 6 heteroatoms. The number of hydrogen-bond acceptors (Lipinski definition) is 3. The van der Waals surface area contributed by atoms with Crippen LogP contribution in [0.4, 0.5) is 0 Å². The molecule has 2 N–H and O–H groups in total. The van der Waals surface area contributed by atoms with Crippen LogP contribution < -0.4 is 0 Å². The summed E-state index contributed by atoms with van der Waals surface area (Å²) < 4.78 is 10.0. The number of rotatable bonds is 0. The van der Waals surface area contributed by atoms with Crippen molar-refractivity contribution >= 4 is 8.03 Å². The highest BCUT2D eigenvalue weighted by Crippen LogP contribution is 2.07. The van der Waals surface area contributed by atoms with Gasteiger partial charge in [0.15, 0.2) is 5.69 Å². The molecule has 0 aliphatic heterocycles. The molecule has 0 fully saturated rings. The van der Waals surface area contributed by atoms with Gasteiger partial charge in [0.25, 0.3) is 8.03 Å². The van der Waals surface area contributed by atoms with Crippen molar-refractivity contribution in [2.24, 2.45) is 0 Å².